The molecule has 2 aromatic carbocycles. The summed E-state index contributed by atoms with van der Waals surface area (Å²) in [5.41, 5.74) is 1.15. The molecule has 0 saturated carbocycles. The molecule has 1 heterocycles. The van der Waals surface area contributed by atoms with E-state index in [9.17, 15) is 9.59 Å². The van der Waals surface area contributed by atoms with Crippen LogP contribution in [0, 0.1) is 5.92 Å². The highest BCUT2D eigenvalue weighted by Gasteiger charge is 2.21. The van der Waals surface area contributed by atoms with Crippen LogP contribution in [0.1, 0.15) is 35.7 Å². The lowest BCUT2D eigenvalue weighted by atomic mass is 10.0. The number of amides is 1. The Balaban J connectivity index is 1.56. The van der Waals surface area contributed by atoms with Crippen LogP contribution in [0.2, 0.25) is 5.02 Å². The fourth-order valence-corrected chi connectivity index (χ4v) is 3.25. The zero-order chi connectivity index (χ0) is 18.5. The molecule has 1 aliphatic heterocycles. The van der Waals surface area contributed by atoms with Crippen LogP contribution in [0.25, 0.3) is 0 Å². The SMILES string of the molecule is C[C@@H]1CCCN(C(=O)COc2ccc(C(=O)c3ccc(Cl)cc3)cc2)C1. The number of hydrogen-bond donors (Lipinski definition) is 0. The number of benzene rings is 2. The third kappa shape index (κ3) is 4.64. The van der Waals surface area contributed by atoms with Gasteiger partial charge in [-0.1, -0.05) is 18.5 Å². The third-order valence-electron chi connectivity index (χ3n) is 4.59. The van der Waals surface area contributed by atoms with Crippen molar-refractivity contribution in [3.05, 3.63) is 64.7 Å². The molecule has 2 aromatic rings. The Morgan fingerprint density at radius 3 is 2.31 bits per heavy atom. The Labute approximate surface area is 158 Å². The number of ether oxygens (including phenoxy) is 1. The molecule has 0 radical (unpaired) electrons. The second-order valence-electron chi connectivity index (χ2n) is 6.74. The van der Waals surface area contributed by atoms with Gasteiger partial charge in [0.2, 0.25) is 0 Å². The predicted molar refractivity (Wildman–Crippen MR) is 102 cm³/mol. The number of ketones is 1. The zero-order valence-electron chi connectivity index (χ0n) is 14.8. The number of carbonyl (C=O) groups excluding carboxylic acids is 2. The standard InChI is InChI=1S/C21H22ClNO3/c1-15-3-2-12-23(13-15)20(24)14-26-19-10-6-17(7-11-19)21(25)16-4-8-18(22)9-5-16/h4-11,15H,2-3,12-14H2,1H3/t15-/m1/s1. The number of nitrogens with zero attached hydrogens (tertiary/aromatic N) is 1. The third-order valence-corrected chi connectivity index (χ3v) is 4.85. The van der Waals surface area contributed by atoms with Crippen molar-refractivity contribution >= 4 is 23.3 Å². The van der Waals surface area contributed by atoms with Crippen LogP contribution in [0.3, 0.4) is 0 Å². The van der Waals surface area contributed by atoms with Gasteiger partial charge in [0.05, 0.1) is 0 Å². The fraction of sp³-hybridized carbons (Fsp3) is 0.333. The van der Waals surface area contributed by atoms with E-state index in [1.807, 2.05) is 4.90 Å². The number of carbonyl (C=O) groups is 2. The highest BCUT2D eigenvalue weighted by atomic mass is 35.5. The van der Waals surface area contributed by atoms with Crippen molar-refractivity contribution in [2.75, 3.05) is 19.7 Å². The van der Waals surface area contributed by atoms with Crippen molar-refractivity contribution in [3.63, 3.8) is 0 Å². The molecular formula is C21H22ClNO3. The normalized spacial score (nSPS) is 17.0. The monoisotopic (exact) mass is 371 g/mol. The summed E-state index contributed by atoms with van der Waals surface area (Å²) in [6.45, 7) is 3.80. The van der Waals surface area contributed by atoms with E-state index in [2.05, 4.69) is 6.92 Å². The Hall–Kier alpha value is -2.33. The van der Waals surface area contributed by atoms with Crippen molar-refractivity contribution < 1.29 is 14.3 Å². The average molecular weight is 372 g/mol. The minimum absolute atomic E-state index is 0.0119. The molecule has 1 aliphatic rings. The predicted octanol–water partition coefficient (Wildman–Crippen LogP) is 4.21. The van der Waals surface area contributed by atoms with Crippen molar-refractivity contribution in [1.29, 1.82) is 0 Å². The van der Waals surface area contributed by atoms with E-state index >= 15 is 0 Å². The lowest BCUT2D eigenvalue weighted by Crippen LogP contribution is -2.41. The zero-order valence-corrected chi connectivity index (χ0v) is 15.5. The molecule has 1 amide bonds. The highest BCUT2D eigenvalue weighted by molar-refractivity contribution is 6.30. The van der Waals surface area contributed by atoms with Gasteiger partial charge in [0.25, 0.3) is 5.91 Å². The first-order chi connectivity index (χ1) is 12.5. The Morgan fingerprint density at radius 2 is 1.69 bits per heavy atom. The molecule has 0 spiro atoms. The Bertz CT molecular complexity index is 771. The molecule has 0 aliphatic carbocycles. The van der Waals surface area contributed by atoms with Gasteiger partial charge in [-0.05, 0) is 67.3 Å². The quantitative estimate of drug-likeness (QED) is 0.740. The van der Waals surface area contributed by atoms with E-state index < -0.39 is 0 Å². The van der Waals surface area contributed by atoms with Crippen LogP contribution in [0.15, 0.2) is 48.5 Å². The van der Waals surface area contributed by atoms with Gasteiger partial charge in [0, 0.05) is 29.2 Å². The summed E-state index contributed by atoms with van der Waals surface area (Å²) in [5, 5.41) is 0.595. The molecule has 26 heavy (non-hydrogen) atoms. The minimum Gasteiger partial charge on any atom is -0.484 e. The molecule has 4 nitrogen and oxygen atoms in total. The van der Waals surface area contributed by atoms with Crippen LogP contribution in [-0.4, -0.2) is 36.3 Å². The fourth-order valence-electron chi connectivity index (χ4n) is 3.12. The van der Waals surface area contributed by atoms with E-state index in [4.69, 9.17) is 16.3 Å². The van der Waals surface area contributed by atoms with Crippen molar-refractivity contribution in [2.45, 2.75) is 19.8 Å². The van der Waals surface area contributed by atoms with Gasteiger partial charge in [-0.3, -0.25) is 9.59 Å². The van der Waals surface area contributed by atoms with E-state index in [1.165, 1.54) is 6.42 Å². The first-order valence-corrected chi connectivity index (χ1v) is 9.21. The molecule has 1 fully saturated rings. The molecule has 1 atom stereocenters. The highest BCUT2D eigenvalue weighted by Crippen LogP contribution is 2.18. The summed E-state index contributed by atoms with van der Waals surface area (Å²) in [4.78, 5) is 26.5. The lowest BCUT2D eigenvalue weighted by Gasteiger charge is -2.30. The molecule has 136 valence electrons. The Kier molecular flexibility index (Phi) is 5.94. The molecule has 0 N–H and O–H groups in total. The maximum atomic E-state index is 12.4. The maximum Gasteiger partial charge on any atom is 0.260 e. The van der Waals surface area contributed by atoms with Crippen LogP contribution < -0.4 is 4.74 Å². The summed E-state index contributed by atoms with van der Waals surface area (Å²) in [5.74, 6) is 1.06. The summed E-state index contributed by atoms with van der Waals surface area (Å²) < 4.78 is 5.59. The molecule has 5 heteroatoms. The topological polar surface area (TPSA) is 46.6 Å². The maximum absolute atomic E-state index is 12.4. The molecule has 0 aromatic heterocycles. The van der Waals surface area contributed by atoms with Gasteiger partial charge in [-0.15, -0.1) is 0 Å². The smallest absolute Gasteiger partial charge is 0.260 e. The molecule has 3 rings (SSSR count). The largest absolute Gasteiger partial charge is 0.484 e. The van der Waals surface area contributed by atoms with Gasteiger partial charge < -0.3 is 9.64 Å². The number of hydrogen-bond acceptors (Lipinski definition) is 3. The van der Waals surface area contributed by atoms with Gasteiger partial charge >= 0.3 is 0 Å². The van der Waals surface area contributed by atoms with Crippen LogP contribution >= 0.6 is 11.6 Å². The number of piperidine rings is 1. The van der Waals surface area contributed by atoms with E-state index in [1.54, 1.807) is 48.5 Å². The van der Waals surface area contributed by atoms with Crippen molar-refractivity contribution in [3.8, 4) is 5.75 Å². The van der Waals surface area contributed by atoms with Crippen molar-refractivity contribution in [1.82, 2.24) is 4.90 Å². The van der Waals surface area contributed by atoms with E-state index in [0.29, 0.717) is 27.8 Å². The first-order valence-electron chi connectivity index (χ1n) is 8.84. The summed E-state index contributed by atoms with van der Waals surface area (Å²) in [6.07, 6.45) is 2.22. The molecule has 0 unspecified atom stereocenters. The number of halogens is 1. The van der Waals surface area contributed by atoms with Gasteiger partial charge in [0.15, 0.2) is 12.4 Å². The summed E-state index contributed by atoms with van der Waals surface area (Å²) >= 11 is 5.85. The number of likely N-dealkylation sites (tertiary alicyclic amines) is 1. The van der Waals surface area contributed by atoms with Gasteiger partial charge in [0.1, 0.15) is 5.75 Å². The lowest BCUT2D eigenvalue weighted by molar-refractivity contribution is -0.135. The minimum atomic E-state index is -0.0772. The van der Waals surface area contributed by atoms with Gasteiger partial charge in [-0.2, -0.15) is 0 Å². The molecule has 0 bridgehead atoms. The Morgan fingerprint density at radius 1 is 1.08 bits per heavy atom. The second-order valence-corrected chi connectivity index (χ2v) is 7.17. The van der Waals surface area contributed by atoms with Crippen LogP contribution in [-0.2, 0) is 4.79 Å². The number of rotatable bonds is 5. The van der Waals surface area contributed by atoms with Crippen LogP contribution in [0.5, 0.6) is 5.75 Å². The second kappa shape index (κ2) is 8.37. The van der Waals surface area contributed by atoms with Gasteiger partial charge in [-0.25, -0.2) is 0 Å². The first kappa shape index (κ1) is 18.5. The van der Waals surface area contributed by atoms with E-state index in [-0.39, 0.29) is 18.3 Å². The molecular weight excluding hydrogens is 350 g/mol. The summed E-state index contributed by atoms with van der Waals surface area (Å²) in [6, 6.07) is 13.6. The van der Waals surface area contributed by atoms with E-state index in [0.717, 1.165) is 19.5 Å². The van der Waals surface area contributed by atoms with Crippen LogP contribution in [0.4, 0.5) is 0 Å². The van der Waals surface area contributed by atoms with Crippen molar-refractivity contribution in [2.24, 2.45) is 5.92 Å². The summed E-state index contributed by atoms with van der Waals surface area (Å²) in [7, 11) is 0. The molecule has 1 saturated heterocycles. The average Bonchev–Trinajstić information content (AvgIpc) is 2.66.